The molecule has 0 bridgehead atoms. The highest BCUT2D eigenvalue weighted by atomic mass is 19.1. The molecule has 1 aromatic heterocycles. The van der Waals surface area contributed by atoms with E-state index in [0.29, 0.717) is 23.2 Å². The van der Waals surface area contributed by atoms with Gasteiger partial charge in [0.25, 0.3) is 5.91 Å². The first-order valence-corrected chi connectivity index (χ1v) is 13.2. The van der Waals surface area contributed by atoms with Crippen LogP contribution >= 0.6 is 0 Å². The fraction of sp³-hybridized carbons (Fsp3) is 0.176. The minimum atomic E-state index is -0.948. The van der Waals surface area contributed by atoms with Crippen molar-refractivity contribution >= 4 is 22.8 Å². The van der Waals surface area contributed by atoms with Crippen molar-refractivity contribution in [3.63, 3.8) is 0 Å². The maximum Gasteiger partial charge on any atom is 0.336 e. The van der Waals surface area contributed by atoms with Gasteiger partial charge in [0.2, 0.25) is 0 Å². The number of carbonyl (C=O) groups excluding carboxylic acids is 1. The molecular formula is C34H31FN2O3. The van der Waals surface area contributed by atoms with E-state index >= 15 is 0 Å². The average Bonchev–Trinajstić information content (AvgIpc) is 3.19. The topological polar surface area (TPSA) is 71.3 Å². The zero-order valence-electron chi connectivity index (χ0n) is 23.0. The van der Waals surface area contributed by atoms with Gasteiger partial charge in [-0.2, -0.15) is 0 Å². The van der Waals surface area contributed by atoms with Gasteiger partial charge in [0.1, 0.15) is 5.82 Å². The smallest absolute Gasteiger partial charge is 0.336 e. The van der Waals surface area contributed by atoms with Crippen LogP contribution in [0.2, 0.25) is 0 Å². The Bertz CT molecular complexity index is 1750. The van der Waals surface area contributed by atoms with Crippen molar-refractivity contribution in [1.82, 2.24) is 9.88 Å². The molecule has 5 nitrogen and oxygen atoms in total. The number of carboxylic acids is 1. The summed E-state index contributed by atoms with van der Waals surface area (Å²) < 4.78 is 16.2. The second-order valence-corrected chi connectivity index (χ2v) is 10.2. The second-order valence-electron chi connectivity index (χ2n) is 10.2. The number of nitrogens with one attached hydrogen (secondary N) is 1. The van der Waals surface area contributed by atoms with E-state index in [4.69, 9.17) is 0 Å². The SMILES string of the molecule is Cc1c(F)cccc1C(C)NC(=O)c1ccc2c(c1)c(C)c(C)n2Cc1ccc(-c2ccccc2C(=O)O)cc1. The quantitative estimate of drug-likeness (QED) is 0.226. The molecule has 202 valence electrons. The Morgan fingerprint density at radius 2 is 1.62 bits per heavy atom. The van der Waals surface area contributed by atoms with Gasteiger partial charge in [-0.3, -0.25) is 4.79 Å². The van der Waals surface area contributed by atoms with Gasteiger partial charge in [-0.15, -0.1) is 0 Å². The summed E-state index contributed by atoms with van der Waals surface area (Å²) in [7, 11) is 0. The summed E-state index contributed by atoms with van der Waals surface area (Å²) in [5.41, 5.74) is 7.98. The van der Waals surface area contributed by atoms with Gasteiger partial charge in [0, 0.05) is 28.7 Å². The first-order chi connectivity index (χ1) is 19.2. The molecule has 1 atom stereocenters. The number of amides is 1. The van der Waals surface area contributed by atoms with Crippen molar-refractivity contribution in [2.45, 2.75) is 40.3 Å². The van der Waals surface area contributed by atoms with E-state index in [-0.39, 0.29) is 23.3 Å². The fourth-order valence-corrected chi connectivity index (χ4v) is 5.34. The number of rotatable bonds is 7. The average molecular weight is 535 g/mol. The molecule has 0 spiro atoms. The van der Waals surface area contributed by atoms with Crippen molar-refractivity contribution in [1.29, 1.82) is 0 Å². The number of nitrogens with zero attached hydrogens (tertiary/aromatic N) is 1. The van der Waals surface area contributed by atoms with Crippen LogP contribution in [0.3, 0.4) is 0 Å². The van der Waals surface area contributed by atoms with E-state index in [9.17, 15) is 19.1 Å². The van der Waals surface area contributed by atoms with Gasteiger partial charge in [-0.25, -0.2) is 9.18 Å². The number of hydrogen-bond acceptors (Lipinski definition) is 2. The minimum Gasteiger partial charge on any atom is -0.478 e. The molecule has 2 N–H and O–H groups in total. The standard InChI is InChI=1S/C34H31FN2O3/c1-20-23(4)37(19-24-12-14-25(15-13-24)28-8-5-6-9-29(28)34(39)40)32-17-16-26(18-30(20)32)33(38)36-22(3)27-10-7-11-31(35)21(27)2/h5-18,22H,19H2,1-4H3,(H,36,38)(H,39,40). The predicted octanol–water partition coefficient (Wildman–Crippen LogP) is 7.61. The van der Waals surface area contributed by atoms with Crippen LogP contribution in [0.1, 0.15) is 61.6 Å². The van der Waals surface area contributed by atoms with Crippen LogP contribution in [0.4, 0.5) is 4.39 Å². The number of aryl methyl sites for hydroxylation is 1. The lowest BCUT2D eigenvalue weighted by atomic mass is 9.99. The Morgan fingerprint density at radius 1 is 0.900 bits per heavy atom. The van der Waals surface area contributed by atoms with Gasteiger partial charge in [0.05, 0.1) is 11.6 Å². The third-order valence-electron chi connectivity index (χ3n) is 7.79. The van der Waals surface area contributed by atoms with Gasteiger partial charge < -0.3 is 15.0 Å². The summed E-state index contributed by atoms with van der Waals surface area (Å²) in [6.45, 7) is 8.34. The number of carboxylic acid groups (broad SMARTS) is 1. The molecule has 6 heteroatoms. The fourth-order valence-electron chi connectivity index (χ4n) is 5.34. The third-order valence-corrected chi connectivity index (χ3v) is 7.79. The molecule has 0 fully saturated rings. The second kappa shape index (κ2) is 10.8. The lowest BCUT2D eigenvalue weighted by Gasteiger charge is -2.17. The van der Waals surface area contributed by atoms with Gasteiger partial charge >= 0.3 is 5.97 Å². The van der Waals surface area contributed by atoms with Crippen molar-refractivity contribution in [2.24, 2.45) is 0 Å². The van der Waals surface area contributed by atoms with Crippen LogP contribution in [-0.4, -0.2) is 21.6 Å². The molecule has 0 aliphatic rings. The summed E-state index contributed by atoms with van der Waals surface area (Å²) in [5, 5.41) is 13.6. The number of carbonyl (C=O) groups is 2. The Morgan fingerprint density at radius 3 is 2.35 bits per heavy atom. The van der Waals surface area contributed by atoms with Crippen molar-refractivity contribution in [3.8, 4) is 11.1 Å². The molecule has 4 aromatic carbocycles. The summed E-state index contributed by atoms with van der Waals surface area (Å²) in [5.74, 6) is -1.44. The molecular weight excluding hydrogens is 503 g/mol. The zero-order chi connectivity index (χ0) is 28.6. The van der Waals surface area contributed by atoms with Gasteiger partial charge in [0.15, 0.2) is 0 Å². The van der Waals surface area contributed by atoms with Gasteiger partial charge in [-0.1, -0.05) is 54.6 Å². The van der Waals surface area contributed by atoms with Crippen LogP contribution in [0, 0.1) is 26.6 Å². The molecule has 0 aliphatic heterocycles. The highest BCUT2D eigenvalue weighted by Crippen LogP contribution is 2.29. The summed E-state index contributed by atoms with van der Waals surface area (Å²) in [6, 6.07) is 25.2. The van der Waals surface area contributed by atoms with E-state index in [1.54, 1.807) is 25.1 Å². The van der Waals surface area contributed by atoms with E-state index in [1.165, 1.54) is 6.07 Å². The first-order valence-electron chi connectivity index (χ1n) is 13.2. The lowest BCUT2D eigenvalue weighted by molar-refractivity contribution is 0.0697. The van der Waals surface area contributed by atoms with Crippen LogP contribution in [-0.2, 0) is 6.54 Å². The highest BCUT2D eigenvalue weighted by molar-refractivity contribution is 5.99. The predicted molar refractivity (Wildman–Crippen MR) is 156 cm³/mol. The summed E-state index contributed by atoms with van der Waals surface area (Å²) >= 11 is 0. The molecule has 1 heterocycles. The normalized spacial score (nSPS) is 11.9. The number of fused-ring (bicyclic) bond motifs is 1. The Labute approximate surface area is 232 Å². The molecule has 5 rings (SSSR count). The monoisotopic (exact) mass is 534 g/mol. The molecule has 1 unspecified atom stereocenters. The largest absolute Gasteiger partial charge is 0.478 e. The number of hydrogen-bond donors (Lipinski definition) is 2. The Kier molecular flexibility index (Phi) is 7.26. The summed E-state index contributed by atoms with van der Waals surface area (Å²) in [4.78, 5) is 24.8. The van der Waals surface area contributed by atoms with E-state index < -0.39 is 5.97 Å². The molecule has 0 aliphatic carbocycles. The Balaban J connectivity index is 1.39. The van der Waals surface area contributed by atoms with Crippen molar-refractivity contribution in [3.05, 3.63) is 130 Å². The van der Waals surface area contributed by atoms with Crippen LogP contribution in [0.25, 0.3) is 22.0 Å². The third kappa shape index (κ3) is 5.00. The van der Waals surface area contributed by atoms with E-state index in [2.05, 4.69) is 23.7 Å². The maximum absolute atomic E-state index is 14.0. The van der Waals surface area contributed by atoms with Crippen LogP contribution < -0.4 is 5.32 Å². The number of aromatic nitrogens is 1. The molecule has 1 amide bonds. The highest BCUT2D eigenvalue weighted by Gasteiger charge is 2.18. The zero-order valence-corrected chi connectivity index (χ0v) is 23.0. The van der Waals surface area contributed by atoms with Crippen molar-refractivity contribution in [2.75, 3.05) is 0 Å². The minimum absolute atomic E-state index is 0.208. The number of halogens is 1. The van der Waals surface area contributed by atoms with Crippen molar-refractivity contribution < 1.29 is 19.1 Å². The van der Waals surface area contributed by atoms with E-state index in [1.807, 2.05) is 67.6 Å². The van der Waals surface area contributed by atoms with Crippen LogP contribution in [0.5, 0.6) is 0 Å². The molecule has 0 saturated carbocycles. The molecule has 40 heavy (non-hydrogen) atoms. The lowest BCUT2D eigenvalue weighted by Crippen LogP contribution is -2.27. The molecule has 0 saturated heterocycles. The van der Waals surface area contributed by atoms with E-state index in [0.717, 1.165) is 38.9 Å². The van der Waals surface area contributed by atoms with Crippen LogP contribution in [0.15, 0.2) is 84.9 Å². The number of aromatic carboxylic acids is 1. The van der Waals surface area contributed by atoms with Gasteiger partial charge in [-0.05, 0) is 91.4 Å². The summed E-state index contributed by atoms with van der Waals surface area (Å²) in [6.07, 6.45) is 0. The first kappa shape index (κ1) is 26.9. The Hall–Kier alpha value is -4.71. The molecule has 0 radical (unpaired) electrons. The molecule has 5 aromatic rings. The maximum atomic E-state index is 14.0. The number of benzene rings is 4.